The number of rotatable bonds is 10. The van der Waals surface area contributed by atoms with Crippen LogP contribution in [0, 0.1) is 0 Å². The molecule has 12 heteroatoms. The maximum absolute atomic E-state index is 14.9. The lowest BCUT2D eigenvalue weighted by atomic mass is 9.77. The number of halogens is 3. The van der Waals surface area contributed by atoms with Crippen LogP contribution in [0.4, 0.5) is 13.2 Å². The molecule has 2 amide bonds. The zero-order chi connectivity index (χ0) is 28.0. The molecular weight excluding hydrogens is 533 g/mol. The number of sulfonamides is 1. The van der Waals surface area contributed by atoms with Gasteiger partial charge in [0.25, 0.3) is 11.8 Å². The number of alkyl halides is 3. The van der Waals surface area contributed by atoms with Crippen LogP contribution in [0.15, 0.2) is 42.1 Å². The molecule has 0 spiro atoms. The smallest absolute Gasteiger partial charge is 0.334 e. The molecule has 8 nitrogen and oxygen atoms in total. The van der Waals surface area contributed by atoms with Crippen LogP contribution in [0.2, 0.25) is 0 Å². The van der Waals surface area contributed by atoms with Gasteiger partial charge in [0.05, 0.1) is 17.0 Å². The fourth-order valence-corrected chi connectivity index (χ4v) is 6.26. The summed E-state index contributed by atoms with van der Waals surface area (Å²) < 4.78 is 73.1. The first-order chi connectivity index (χ1) is 18.4. The lowest BCUT2D eigenvalue weighted by Crippen LogP contribution is -2.60. The van der Waals surface area contributed by atoms with Crippen LogP contribution in [-0.2, 0) is 31.6 Å². The lowest BCUT2D eigenvalue weighted by Gasteiger charge is -2.41. The van der Waals surface area contributed by atoms with Gasteiger partial charge < -0.3 is 5.32 Å². The van der Waals surface area contributed by atoms with Crippen molar-refractivity contribution in [3.05, 3.63) is 58.9 Å². The molecule has 0 unspecified atom stereocenters. The van der Waals surface area contributed by atoms with Gasteiger partial charge in [0, 0.05) is 18.2 Å². The van der Waals surface area contributed by atoms with Gasteiger partial charge in [0.2, 0.25) is 10.0 Å². The Balaban J connectivity index is 1.57. The fraction of sp³-hybridized carbons (Fsp3) is 0.519. The van der Waals surface area contributed by atoms with E-state index in [2.05, 4.69) is 12.0 Å². The van der Waals surface area contributed by atoms with Gasteiger partial charge in [0.15, 0.2) is 5.54 Å². The number of benzene rings is 1. The second kappa shape index (κ2) is 10.1. The molecule has 1 aromatic carbocycles. The zero-order valence-electron chi connectivity index (χ0n) is 21.6. The van der Waals surface area contributed by atoms with E-state index in [9.17, 15) is 31.2 Å². The summed E-state index contributed by atoms with van der Waals surface area (Å²) in [7, 11) is -4.05. The van der Waals surface area contributed by atoms with E-state index in [0.29, 0.717) is 12.8 Å². The first-order valence-electron chi connectivity index (χ1n) is 13.3. The second-order valence-electron chi connectivity index (χ2n) is 10.6. The molecule has 39 heavy (non-hydrogen) atoms. The Morgan fingerprint density at radius 3 is 2.41 bits per heavy atom. The minimum Gasteiger partial charge on any atom is -0.334 e. The third-order valence-electron chi connectivity index (χ3n) is 7.56. The van der Waals surface area contributed by atoms with Gasteiger partial charge in [0.1, 0.15) is 5.57 Å². The van der Waals surface area contributed by atoms with E-state index >= 15 is 0 Å². The molecular formula is C27H31F3N4O4S. The minimum atomic E-state index is -4.93. The van der Waals surface area contributed by atoms with Gasteiger partial charge in [-0.3, -0.25) is 14.3 Å². The van der Waals surface area contributed by atoms with Crippen LogP contribution in [0.3, 0.4) is 0 Å². The number of hydrogen-bond donors (Lipinski definition) is 2. The monoisotopic (exact) mass is 564 g/mol. The quantitative estimate of drug-likeness (QED) is 0.331. The first-order valence-corrected chi connectivity index (χ1v) is 14.8. The Kier molecular flexibility index (Phi) is 7.11. The standard InChI is InChI=1S/C27H31F3N4O4S/c1-2-3-4-5-17-6-8-18(9-7-17)26(27(28,29)30)16-21(22-14-15-34(32-22)19-10-11-19)23(24(35)31-26)25(36)33-39(37,38)20-12-13-20/h6-9,14-15,19-20H,2-5,10-13,16H2,1H3,(H,31,35)(H,33,36)/t26-/m0/s1. The van der Waals surface area contributed by atoms with Gasteiger partial charge in [-0.2, -0.15) is 18.3 Å². The number of nitrogens with one attached hydrogen (secondary N) is 2. The number of aromatic nitrogens is 2. The molecule has 0 bridgehead atoms. The summed E-state index contributed by atoms with van der Waals surface area (Å²) in [4.78, 5) is 26.5. The van der Waals surface area contributed by atoms with Crippen molar-refractivity contribution in [3.63, 3.8) is 0 Å². The highest BCUT2D eigenvalue weighted by atomic mass is 32.2. The first kappa shape index (κ1) is 27.4. The largest absolute Gasteiger partial charge is 0.416 e. The molecule has 2 aliphatic carbocycles. The van der Waals surface area contributed by atoms with Crippen LogP contribution in [0.5, 0.6) is 0 Å². The van der Waals surface area contributed by atoms with Crippen molar-refractivity contribution in [2.24, 2.45) is 0 Å². The Labute approximate surface area is 225 Å². The molecule has 0 saturated heterocycles. The molecule has 5 rings (SSSR count). The van der Waals surface area contributed by atoms with E-state index in [1.165, 1.54) is 18.2 Å². The number of nitrogens with zero attached hydrogens (tertiary/aromatic N) is 2. The van der Waals surface area contributed by atoms with Gasteiger partial charge in [-0.05, 0) is 55.7 Å². The van der Waals surface area contributed by atoms with Crippen LogP contribution >= 0.6 is 0 Å². The van der Waals surface area contributed by atoms with E-state index in [1.807, 2.05) is 10.0 Å². The Hall–Kier alpha value is -3.15. The van der Waals surface area contributed by atoms with Crippen LogP contribution < -0.4 is 10.0 Å². The summed E-state index contributed by atoms with van der Waals surface area (Å²) in [6, 6.07) is 7.54. The summed E-state index contributed by atoms with van der Waals surface area (Å²) in [6.07, 6.45) is 2.00. The number of unbranched alkanes of at least 4 members (excludes halogenated alkanes) is 2. The average molecular weight is 565 g/mol. The topological polar surface area (TPSA) is 110 Å². The Bertz CT molecular complexity index is 1410. The molecule has 2 heterocycles. The maximum Gasteiger partial charge on any atom is 0.416 e. The molecule has 2 fully saturated rings. The predicted octanol–water partition coefficient (Wildman–Crippen LogP) is 4.29. The van der Waals surface area contributed by atoms with Gasteiger partial charge >= 0.3 is 6.18 Å². The van der Waals surface area contributed by atoms with Crippen molar-refractivity contribution in [2.75, 3.05) is 0 Å². The highest BCUT2D eigenvalue weighted by Gasteiger charge is 2.60. The number of carbonyl (C=O) groups is 2. The highest BCUT2D eigenvalue weighted by Crippen LogP contribution is 2.48. The molecule has 3 aliphatic rings. The number of amides is 2. The van der Waals surface area contributed by atoms with Crippen LogP contribution in [0.1, 0.15) is 81.2 Å². The Morgan fingerprint density at radius 2 is 1.82 bits per heavy atom. The van der Waals surface area contributed by atoms with E-state index in [-0.39, 0.29) is 22.9 Å². The molecule has 2 N–H and O–H groups in total. The van der Waals surface area contributed by atoms with Crippen LogP contribution in [-0.4, -0.2) is 41.4 Å². The summed E-state index contributed by atoms with van der Waals surface area (Å²) in [5.41, 5.74) is -3.00. The molecule has 210 valence electrons. The lowest BCUT2D eigenvalue weighted by molar-refractivity contribution is -0.202. The summed E-state index contributed by atoms with van der Waals surface area (Å²) in [5.74, 6) is -2.55. The molecule has 1 aliphatic heterocycles. The van der Waals surface area contributed by atoms with Crippen molar-refractivity contribution in [1.82, 2.24) is 19.8 Å². The zero-order valence-corrected chi connectivity index (χ0v) is 22.4. The summed E-state index contributed by atoms with van der Waals surface area (Å²) >= 11 is 0. The second-order valence-corrected chi connectivity index (χ2v) is 12.6. The third-order valence-corrected chi connectivity index (χ3v) is 9.38. The van der Waals surface area contributed by atoms with E-state index in [4.69, 9.17) is 0 Å². The fourth-order valence-electron chi connectivity index (χ4n) is 4.98. The number of carbonyl (C=O) groups excluding carboxylic acids is 2. The van der Waals surface area contributed by atoms with Gasteiger partial charge in [-0.25, -0.2) is 13.1 Å². The van der Waals surface area contributed by atoms with Crippen molar-refractivity contribution in [3.8, 4) is 0 Å². The Morgan fingerprint density at radius 1 is 1.13 bits per heavy atom. The van der Waals surface area contributed by atoms with Gasteiger partial charge in [-0.1, -0.05) is 44.0 Å². The average Bonchev–Trinajstić information content (AvgIpc) is 3.81. The highest BCUT2D eigenvalue weighted by molar-refractivity contribution is 7.91. The van der Waals surface area contributed by atoms with Crippen molar-refractivity contribution in [1.29, 1.82) is 0 Å². The summed E-state index contributed by atoms with van der Waals surface area (Å²) in [6.45, 7) is 2.07. The number of aryl methyl sites for hydroxylation is 1. The molecule has 1 aromatic heterocycles. The van der Waals surface area contributed by atoms with Crippen molar-refractivity contribution < 1.29 is 31.2 Å². The van der Waals surface area contributed by atoms with Crippen molar-refractivity contribution in [2.45, 2.75) is 87.7 Å². The predicted molar refractivity (Wildman–Crippen MR) is 138 cm³/mol. The normalized spacial score (nSPS) is 22.1. The molecule has 1 atom stereocenters. The molecule has 0 radical (unpaired) electrons. The van der Waals surface area contributed by atoms with Crippen LogP contribution in [0.25, 0.3) is 5.57 Å². The maximum atomic E-state index is 14.9. The van der Waals surface area contributed by atoms with E-state index in [1.54, 1.807) is 23.0 Å². The number of hydrogen-bond acceptors (Lipinski definition) is 5. The van der Waals surface area contributed by atoms with Crippen molar-refractivity contribution >= 4 is 27.4 Å². The van der Waals surface area contributed by atoms with Gasteiger partial charge in [-0.15, -0.1) is 0 Å². The minimum absolute atomic E-state index is 0.0375. The third kappa shape index (κ3) is 5.48. The van der Waals surface area contributed by atoms with E-state index < -0.39 is 50.8 Å². The molecule has 2 saturated carbocycles. The SMILES string of the molecule is CCCCCc1ccc([C@]2(C(F)(F)F)CC(c3ccn(C4CC4)n3)=C(C(=O)NS(=O)(=O)C3CC3)C(=O)N2)cc1. The molecule has 2 aromatic rings. The summed E-state index contributed by atoms with van der Waals surface area (Å²) in [5, 5.41) is 5.68. The van der Waals surface area contributed by atoms with E-state index in [0.717, 1.165) is 44.1 Å².